The van der Waals surface area contributed by atoms with Crippen LogP contribution in [0.3, 0.4) is 0 Å². The molecule has 3 rings (SSSR count). The van der Waals surface area contributed by atoms with Crippen LogP contribution in [0.15, 0.2) is 29.6 Å². The number of rotatable bonds is 7. The Kier molecular flexibility index (Phi) is 7.20. The minimum absolute atomic E-state index is 0.0199. The first kappa shape index (κ1) is 22.0. The maximum atomic E-state index is 13.2. The molecular weight excluding hydrogens is 404 g/mol. The van der Waals surface area contributed by atoms with Crippen LogP contribution in [-0.2, 0) is 16.0 Å². The van der Waals surface area contributed by atoms with Crippen molar-refractivity contribution in [2.45, 2.75) is 38.3 Å². The van der Waals surface area contributed by atoms with Crippen LogP contribution in [-0.4, -0.2) is 44.8 Å². The lowest BCUT2D eigenvalue weighted by Crippen LogP contribution is -2.46. The van der Waals surface area contributed by atoms with Crippen molar-refractivity contribution < 1.29 is 23.8 Å². The maximum absolute atomic E-state index is 13.2. The van der Waals surface area contributed by atoms with E-state index < -0.39 is 12.0 Å². The predicted octanol–water partition coefficient (Wildman–Crippen LogP) is 4.09. The van der Waals surface area contributed by atoms with E-state index in [1.54, 1.807) is 37.7 Å². The quantitative estimate of drug-likeness (QED) is 0.667. The zero-order valence-corrected chi connectivity index (χ0v) is 18.6. The number of carbonyl (C=O) groups is 2. The van der Waals surface area contributed by atoms with Crippen LogP contribution >= 0.6 is 11.3 Å². The molecule has 0 spiro atoms. The number of nitrogens with zero attached hydrogens (tertiary/aromatic N) is 1. The van der Waals surface area contributed by atoms with Gasteiger partial charge in [0, 0.05) is 11.4 Å². The molecule has 0 radical (unpaired) electrons. The zero-order chi connectivity index (χ0) is 21.7. The minimum atomic E-state index is -0.550. The number of nitrogens with one attached hydrogen (secondary N) is 1. The van der Waals surface area contributed by atoms with Gasteiger partial charge in [0.15, 0.2) is 11.5 Å². The third-order valence-electron chi connectivity index (χ3n) is 5.45. The van der Waals surface area contributed by atoms with Gasteiger partial charge in [-0.1, -0.05) is 13.0 Å². The van der Waals surface area contributed by atoms with E-state index in [-0.39, 0.29) is 18.5 Å². The highest BCUT2D eigenvalue weighted by Crippen LogP contribution is 2.36. The highest BCUT2D eigenvalue weighted by atomic mass is 32.1. The molecule has 1 aromatic heterocycles. The Morgan fingerprint density at radius 2 is 1.97 bits per heavy atom. The zero-order valence-electron chi connectivity index (χ0n) is 17.8. The summed E-state index contributed by atoms with van der Waals surface area (Å²) < 4.78 is 15.5. The molecule has 30 heavy (non-hydrogen) atoms. The van der Waals surface area contributed by atoms with E-state index in [2.05, 4.69) is 23.7 Å². The Morgan fingerprint density at radius 3 is 2.63 bits per heavy atom. The van der Waals surface area contributed by atoms with Crippen molar-refractivity contribution in [3.8, 4) is 11.5 Å². The first-order valence-corrected chi connectivity index (χ1v) is 10.8. The normalized spacial score (nSPS) is 16.4. The van der Waals surface area contributed by atoms with Crippen LogP contribution in [0.2, 0.25) is 0 Å². The molecule has 1 N–H and O–H groups in total. The van der Waals surface area contributed by atoms with Gasteiger partial charge >= 0.3 is 12.0 Å². The lowest BCUT2D eigenvalue weighted by atomic mass is 9.98. The number of methoxy groups -OCH3 is 3. The van der Waals surface area contributed by atoms with Crippen molar-refractivity contribution >= 4 is 23.3 Å². The molecular formula is C22H28N2O5S. The van der Waals surface area contributed by atoms with Crippen molar-refractivity contribution in [3.05, 3.63) is 45.6 Å². The SMILES string of the molecule is CC[C@@H]1c2ccsc2CCN1C(=O)N[C@H](CC(=O)OC)c1ccc(OC)c(OC)c1. The fourth-order valence-corrected chi connectivity index (χ4v) is 4.81. The summed E-state index contributed by atoms with van der Waals surface area (Å²) in [6, 6.07) is 6.75. The summed E-state index contributed by atoms with van der Waals surface area (Å²) in [5.41, 5.74) is 1.97. The van der Waals surface area contributed by atoms with Gasteiger partial charge in [-0.15, -0.1) is 11.3 Å². The van der Waals surface area contributed by atoms with Crippen molar-refractivity contribution in [2.75, 3.05) is 27.9 Å². The number of esters is 1. The summed E-state index contributed by atoms with van der Waals surface area (Å²) in [4.78, 5) is 28.5. The molecule has 7 nitrogen and oxygen atoms in total. The van der Waals surface area contributed by atoms with Gasteiger partial charge in [0.2, 0.25) is 0 Å². The molecule has 8 heteroatoms. The third kappa shape index (κ3) is 4.53. The van der Waals surface area contributed by atoms with Gasteiger partial charge in [-0.05, 0) is 47.5 Å². The number of benzene rings is 1. The van der Waals surface area contributed by atoms with Crippen molar-refractivity contribution in [3.63, 3.8) is 0 Å². The Labute approximate surface area is 180 Å². The predicted molar refractivity (Wildman–Crippen MR) is 115 cm³/mol. The van der Waals surface area contributed by atoms with Gasteiger partial charge in [0.25, 0.3) is 0 Å². The number of carbonyl (C=O) groups excluding carboxylic acids is 2. The standard InChI is InChI=1S/C22H28N2O5S/c1-5-17-15-9-11-30-20(15)8-10-24(17)22(26)23-16(13-21(25)29-4)14-6-7-18(27-2)19(12-14)28-3/h6-7,9,11-12,16-17H,5,8,10,13H2,1-4H3,(H,23,26)/t16-,17-/m1/s1. The summed E-state index contributed by atoms with van der Waals surface area (Å²) in [6.07, 6.45) is 1.69. The monoisotopic (exact) mass is 432 g/mol. The molecule has 0 saturated heterocycles. The van der Waals surface area contributed by atoms with E-state index in [4.69, 9.17) is 14.2 Å². The summed E-state index contributed by atoms with van der Waals surface area (Å²) in [5, 5.41) is 5.12. The number of hydrogen-bond donors (Lipinski definition) is 1. The third-order valence-corrected chi connectivity index (χ3v) is 6.45. The highest BCUT2D eigenvalue weighted by molar-refractivity contribution is 7.10. The van der Waals surface area contributed by atoms with E-state index in [0.717, 1.165) is 18.4 Å². The lowest BCUT2D eigenvalue weighted by molar-refractivity contribution is -0.141. The van der Waals surface area contributed by atoms with Gasteiger partial charge < -0.3 is 24.4 Å². The summed E-state index contributed by atoms with van der Waals surface area (Å²) in [7, 11) is 4.45. The second-order valence-electron chi connectivity index (χ2n) is 7.06. The molecule has 0 unspecified atom stereocenters. The molecule has 0 saturated carbocycles. The Balaban J connectivity index is 1.85. The molecule has 162 valence electrons. The molecule has 0 bridgehead atoms. The number of fused-ring (bicyclic) bond motifs is 1. The number of thiophene rings is 1. The van der Waals surface area contributed by atoms with Crippen LogP contribution in [0.4, 0.5) is 4.79 Å². The molecule has 0 fully saturated rings. The summed E-state index contributed by atoms with van der Waals surface area (Å²) in [6.45, 7) is 2.73. The van der Waals surface area contributed by atoms with Gasteiger partial charge in [-0.25, -0.2) is 4.79 Å². The van der Waals surface area contributed by atoms with E-state index in [1.807, 2.05) is 11.0 Å². The van der Waals surface area contributed by atoms with Crippen LogP contribution < -0.4 is 14.8 Å². The van der Waals surface area contributed by atoms with Crippen LogP contribution in [0.5, 0.6) is 11.5 Å². The minimum Gasteiger partial charge on any atom is -0.493 e. The van der Waals surface area contributed by atoms with Crippen LogP contribution in [0, 0.1) is 0 Å². The average Bonchev–Trinajstić information content (AvgIpc) is 3.26. The van der Waals surface area contributed by atoms with Gasteiger partial charge in [0.05, 0.1) is 39.8 Å². The first-order valence-electron chi connectivity index (χ1n) is 9.94. The average molecular weight is 433 g/mol. The van der Waals surface area contributed by atoms with Gasteiger partial charge in [0.1, 0.15) is 0 Å². The van der Waals surface area contributed by atoms with Gasteiger partial charge in [-0.2, -0.15) is 0 Å². The van der Waals surface area contributed by atoms with E-state index in [1.165, 1.54) is 17.6 Å². The molecule has 1 aliphatic rings. The lowest BCUT2D eigenvalue weighted by Gasteiger charge is -2.36. The van der Waals surface area contributed by atoms with Crippen molar-refractivity contribution in [1.29, 1.82) is 0 Å². The largest absolute Gasteiger partial charge is 0.493 e. The van der Waals surface area contributed by atoms with E-state index in [0.29, 0.717) is 18.0 Å². The fourth-order valence-electron chi connectivity index (χ4n) is 3.88. The summed E-state index contributed by atoms with van der Waals surface area (Å²) in [5.74, 6) is 0.712. The molecule has 2 amide bonds. The van der Waals surface area contributed by atoms with Crippen molar-refractivity contribution in [2.24, 2.45) is 0 Å². The molecule has 2 aromatic rings. The van der Waals surface area contributed by atoms with E-state index in [9.17, 15) is 9.59 Å². The molecule has 0 aliphatic carbocycles. The number of hydrogen-bond acceptors (Lipinski definition) is 6. The maximum Gasteiger partial charge on any atom is 0.318 e. The first-order chi connectivity index (χ1) is 14.5. The van der Waals surface area contributed by atoms with Crippen molar-refractivity contribution in [1.82, 2.24) is 10.2 Å². The van der Waals surface area contributed by atoms with E-state index >= 15 is 0 Å². The fraction of sp³-hybridized carbons (Fsp3) is 0.455. The second kappa shape index (κ2) is 9.84. The number of amides is 2. The molecule has 1 aliphatic heterocycles. The number of urea groups is 1. The second-order valence-corrected chi connectivity index (χ2v) is 8.06. The molecule has 2 atom stereocenters. The summed E-state index contributed by atoms with van der Waals surface area (Å²) >= 11 is 1.74. The van der Waals surface area contributed by atoms with Crippen LogP contribution in [0.1, 0.15) is 47.9 Å². The Morgan fingerprint density at radius 1 is 1.20 bits per heavy atom. The molecule has 1 aromatic carbocycles. The Hall–Kier alpha value is -2.74. The topological polar surface area (TPSA) is 77.1 Å². The smallest absolute Gasteiger partial charge is 0.318 e. The molecule has 2 heterocycles. The van der Waals surface area contributed by atoms with Gasteiger partial charge in [-0.3, -0.25) is 4.79 Å². The Bertz CT molecular complexity index is 897. The number of ether oxygens (including phenoxy) is 3. The highest BCUT2D eigenvalue weighted by Gasteiger charge is 2.32. The van der Waals surface area contributed by atoms with Crippen LogP contribution in [0.25, 0.3) is 0 Å².